The van der Waals surface area contributed by atoms with Crippen LogP contribution in [0.3, 0.4) is 0 Å². The van der Waals surface area contributed by atoms with E-state index in [9.17, 15) is 9.59 Å². The smallest absolute Gasteiger partial charge is 0.253 e. The predicted molar refractivity (Wildman–Crippen MR) is 121 cm³/mol. The Morgan fingerprint density at radius 1 is 1.00 bits per heavy atom. The molecule has 2 fully saturated rings. The number of hydrogen-bond acceptors (Lipinski definition) is 3. The summed E-state index contributed by atoms with van der Waals surface area (Å²) in [5.74, 6) is -0.0154. The van der Waals surface area contributed by atoms with E-state index in [-0.39, 0.29) is 11.8 Å². The fourth-order valence-corrected chi connectivity index (χ4v) is 4.61. The van der Waals surface area contributed by atoms with E-state index in [4.69, 9.17) is 11.6 Å². The van der Waals surface area contributed by atoms with Crippen LogP contribution in [0.5, 0.6) is 0 Å². The summed E-state index contributed by atoms with van der Waals surface area (Å²) in [4.78, 5) is 31.2. The third-order valence-corrected chi connectivity index (χ3v) is 6.32. The van der Waals surface area contributed by atoms with Gasteiger partial charge in [0.05, 0.1) is 10.7 Å². The Bertz CT molecular complexity index is 940. The zero-order chi connectivity index (χ0) is 21.1. The van der Waals surface area contributed by atoms with Crippen LogP contribution in [-0.4, -0.2) is 43.4 Å². The molecule has 0 radical (unpaired) electrons. The quantitative estimate of drug-likeness (QED) is 0.695. The molecule has 2 aromatic rings. The number of carbonyl (C=O) groups excluding carboxylic acids is 2. The number of anilines is 2. The highest BCUT2D eigenvalue weighted by Gasteiger charge is 2.25. The van der Waals surface area contributed by atoms with Gasteiger partial charge < -0.3 is 14.7 Å². The zero-order valence-electron chi connectivity index (χ0n) is 17.4. The lowest BCUT2D eigenvalue weighted by molar-refractivity contribution is -0.117. The van der Waals surface area contributed by atoms with Crippen molar-refractivity contribution in [2.75, 3.05) is 36.5 Å². The van der Waals surface area contributed by atoms with Gasteiger partial charge in [0.2, 0.25) is 5.91 Å². The molecular weight excluding hydrogens is 398 g/mol. The summed E-state index contributed by atoms with van der Waals surface area (Å²) in [6.45, 7) is 3.32. The average Bonchev–Trinajstić information content (AvgIpc) is 3.20. The van der Waals surface area contributed by atoms with E-state index in [0.29, 0.717) is 35.8 Å². The number of rotatable bonds is 5. The van der Waals surface area contributed by atoms with Gasteiger partial charge >= 0.3 is 0 Å². The van der Waals surface area contributed by atoms with E-state index in [1.807, 2.05) is 13.1 Å². The Labute approximate surface area is 183 Å². The van der Waals surface area contributed by atoms with E-state index in [2.05, 4.69) is 23.1 Å². The monoisotopic (exact) mass is 425 g/mol. The topological polar surface area (TPSA) is 43.9 Å². The number of para-hydroxylation sites is 1. The summed E-state index contributed by atoms with van der Waals surface area (Å²) in [6, 6.07) is 13.5. The van der Waals surface area contributed by atoms with Gasteiger partial charge in [0.25, 0.3) is 5.91 Å². The van der Waals surface area contributed by atoms with Gasteiger partial charge in [-0.05, 0) is 55.5 Å². The molecule has 0 atom stereocenters. The predicted octanol–water partition coefficient (Wildman–Crippen LogP) is 4.73. The second kappa shape index (κ2) is 9.09. The van der Waals surface area contributed by atoms with Crippen molar-refractivity contribution >= 4 is 34.8 Å². The minimum Gasteiger partial charge on any atom is -0.371 e. The van der Waals surface area contributed by atoms with Crippen LogP contribution in [0.25, 0.3) is 0 Å². The first-order chi connectivity index (χ1) is 14.5. The summed E-state index contributed by atoms with van der Waals surface area (Å²) in [5, 5.41) is 0.500. The molecule has 0 aliphatic carbocycles. The lowest BCUT2D eigenvalue weighted by Crippen LogP contribution is -2.32. The van der Waals surface area contributed by atoms with Gasteiger partial charge in [-0.3, -0.25) is 9.59 Å². The largest absolute Gasteiger partial charge is 0.371 e. The van der Waals surface area contributed by atoms with Crippen molar-refractivity contribution in [1.29, 1.82) is 0 Å². The molecular formula is C24H28ClN3O2. The number of benzene rings is 2. The molecule has 2 aromatic carbocycles. The molecule has 30 heavy (non-hydrogen) atoms. The molecule has 0 saturated carbocycles. The van der Waals surface area contributed by atoms with E-state index >= 15 is 0 Å². The summed E-state index contributed by atoms with van der Waals surface area (Å²) in [7, 11) is 1.82. The fraction of sp³-hybridized carbons (Fsp3) is 0.417. The molecule has 0 N–H and O–H groups in total. The van der Waals surface area contributed by atoms with Crippen LogP contribution in [0.4, 0.5) is 11.4 Å². The second-order valence-corrected chi connectivity index (χ2v) is 8.56. The van der Waals surface area contributed by atoms with Crippen molar-refractivity contribution in [2.45, 2.75) is 38.6 Å². The first kappa shape index (κ1) is 20.7. The number of halogens is 1. The standard InChI is InChI=1S/C24H28ClN3O2/c1-26(17-19-8-3-4-9-21(19)27-13-5-2-6-14-27)24(30)18-11-12-20(25)22(16-18)28-15-7-10-23(28)29/h3-4,8-9,11-12,16H,2,5-7,10,13-15,17H2,1H3. The van der Waals surface area contributed by atoms with Crippen LogP contribution in [0.1, 0.15) is 48.0 Å². The molecule has 2 aliphatic rings. The first-order valence-corrected chi connectivity index (χ1v) is 11.1. The van der Waals surface area contributed by atoms with Crippen molar-refractivity contribution < 1.29 is 9.59 Å². The Hall–Kier alpha value is -2.53. The van der Waals surface area contributed by atoms with Gasteiger partial charge in [0.15, 0.2) is 0 Å². The maximum atomic E-state index is 13.2. The van der Waals surface area contributed by atoms with Gasteiger partial charge in [-0.1, -0.05) is 29.8 Å². The van der Waals surface area contributed by atoms with Gasteiger partial charge in [0.1, 0.15) is 0 Å². The maximum Gasteiger partial charge on any atom is 0.253 e. The van der Waals surface area contributed by atoms with Crippen LogP contribution < -0.4 is 9.80 Å². The van der Waals surface area contributed by atoms with E-state index < -0.39 is 0 Å². The highest BCUT2D eigenvalue weighted by Crippen LogP contribution is 2.31. The van der Waals surface area contributed by atoms with Crippen LogP contribution in [0.2, 0.25) is 5.02 Å². The SMILES string of the molecule is CN(Cc1ccccc1N1CCCCC1)C(=O)c1ccc(Cl)c(N2CCCC2=O)c1. The molecule has 4 rings (SSSR count). The summed E-state index contributed by atoms with van der Waals surface area (Å²) in [6.07, 6.45) is 5.06. The molecule has 158 valence electrons. The third-order valence-electron chi connectivity index (χ3n) is 6.00. The number of nitrogens with zero attached hydrogens (tertiary/aromatic N) is 3. The molecule has 0 bridgehead atoms. The highest BCUT2D eigenvalue weighted by atomic mass is 35.5. The number of piperidine rings is 1. The highest BCUT2D eigenvalue weighted by molar-refractivity contribution is 6.34. The zero-order valence-corrected chi connectivity index (χ0v) is 18.2. The van der Waals surface area contributed by atoms with Gasteiger partial charge in [0, 0.05) is 50.9 Å². The lowest BCUT2D eigenvalue weighted by Gasteiger charge is -2.31. The third kappa shape index (κ3) is 4.31. The minimum atomic E-state index is -0.0759. The van der Waals surface area contributed by atoms with Crippen LogP contribution in [0.15, 0.2) is 42.5 Å². The average molecular weight is 426 g/mol. The molecule has 2 saturated heterocycles. The normalized spacial score (nSPS) is 16.8. The Morgan fingerprint density at radius 2 is 1.77 bits per heavy atom. The van der Waals surface area contributed by atoms with E-state index in [0.717, 1.165) is 25.1 Å². The fourth-order valence-electron chi connectivity index (χ4n) is 4.39. The van der Waals surface area contributed by atoms with E-state index in [1.165, 1.54) is 24.9 Å². The minimum absolute atomic E-state index is 0.0605. The van der Waals surface area contributed by atoms with Gasteiger partial charge in [-0.2, -0.15) is 0 Å². The first-order valence-electron chi connectivity index (χ1n) is 10.7. The summed E-state index contributed by atoms with van der Waals surface area (Å²) in [5.41, 5.74) is 3.55. The van der Waals surface area contributed by atoms with Crippen molar-refractivity contribution in [1.82, 2.24) is 4.90 Å². The Morgan fingerprint density at radius 3 is 2.50 bits per heavy atom. The van der Waals surface area contributed by atoms with Crippen LogP contribution in [0, 0.1) is 0 Å². The molecule has 2 aliphatic heterocycles. The Balaban J connectivity index is 1.53. The van der Waals surface area contributed by atoms with Crippen molar-refractivity contribution in [3.05, 3.63) is 58.6 Å². The molecule has 2 heterocycles. The second-order valence-electron chi connectivity index (χ2n) is 8.15. The molecule has 5 nitrogen and oxygen atoms in total. The van der Waals surface area contributed by atoms with Crippen LogP contribution in [-0.2, 0) is 11.3 Å². The van der Waals surface area contributed by atoms with Crippen LogP contribution >= 0.6 is 11.6 Å². The molecule has 0 spiro atoms. The Kier molecular flexibility index (Phi) is 6.28. The molecule has 2 amide bonds. The van der Waals surface area contributed by atoms with Crippen molar-refractivity contribution in [2.24, 2.45) is 0 Å². The number of amides is 2. The summed E-state index contributed by atoms with van der Waals surface area (Å²) < 4.78 is 0. The summed E-state index contributed by atoms with van der Waals surface area (Å²) >= 11 is 6.34. The van der Waals surface area contributed by atoms with Crippen molar-refractivity contribution in [3.8, 4) is 0 Å². The van der Waals surface area contributed by atoms with E-state index in [1.54, 1.807) is 28.0 Å². The van der Waals surface area contributed by atoms with Gasteiger partial charge in [-0.15, -0.1) is 0 Å². The van der Waals surface area contributed by atoms with Gasteiger partial charge in [-0.25, -0.2) is 0 Å². The number of hydrogen-bond donors (Lipinski definition) is 0. The molecule has 6 heteroatoms. The lowest BCUT2D eigenvalue weighted by atomic mass is 10.1. The molecule has 0 unspecified atom stereocenters. The maximum absolute atomic E-state index is 13.2. The molecule has 0 aromatic heterocycles. The van der Waals surface area contributed by atoms with Crippen molar-refractivity contribution in [3.63, 3.8) is 0 Å². The number of carbonyl (C=O) groups is 2.